The number of aromatic nitrogens is 2. The van der Waals surface area contributed by atoms with E-state index >= 15 is 0 Å². The van der Waals surface area contributed by atoms with E-state index in [1.54, 1.807) is 16.0 Å². The van der Waals surface area contributed by atoms with Crippen LogP contribution in [0.5, 0.6) is 0 Å². The Bertz CT molecular complexity index is 1400. The summed E-state index contributed by atoms with van der Waals surface area (Å²) in [7, 11) is 0. The number of nitrogens with zero attached hydrogens (tertiary/aromatic N) is 4. The number of amides is 2. The summed E-state index contributed by atoms with van der Waals surface area (Å²) in [6.45, 7) is 1.39. The third-order valence-corrected chi connectivity index (χ3v) is 9.06. The zero-order chi connectivity index (χ0) is 27.6. The number of carboxylic acid groups (broad SMARTS) is 1. The molecule has 2 aromatic heterocycles. The lowest BCUT2D eigenvalue weighted by Gasteiger charge is -2.28. The topological polar surface area (TPSA) is 113 Å². The van der Waals surface area contributed by atoms with E-state index in [4.69, 9.17) is 9.72 Å². The summed E-state index contributed by atoms with van der Waals surface area (Å²) < 4.78 is 6.16. The summed E-state index contributed by atoms with van der Waals surface area (Å²) in [5, 5.41) is 12.1. The number of thiazole rings is 1. The first kappa shape index (κ1) is 26.6. The molecule has 3 aliphatic rings. The minimum absolute atomic E-state index is 0.101. The van der Waals surface area contributed by atoms with Gasteiger partial charge in [0.2, 0.25) is 11.8 Å². The highest BCUT2D eigenvalue weighted by Crippen LogP contribution is 2.39. The maximum atomic E-state index is 13.8. The first-order chi connectivity index (χ1) is 19.5. The van der Waals surface area contributed by atoms with Gasteiger partial charge in [0.05, 0.1) is 37.3 Å². The van der Waals surface area contributed by atoms with Gasteiger partial charge in [-0.15, -0.1) is 11.3 Å². The maximum Gasteiger partial charge on any atom is 0.304 e. The van der Waals surface area contributed by atoms with E-state index in [1.165, 1.54) is 11.3 Å². The lowest BCUT2D eigenvalue weighted by atomic mass is 9.86. The number of benzene rings is 1. The zero-order valence-corrected chi connectivity index (χ0v) is 23.0. The molecule has 0 bridgehead atoms. The first-order valence-electron chi connectivity index (χ1n) is 14.0. The van der Waals surface area contributed by atoms with Gasteiger partial charge in [-0.25, -0.2) is 9.97 Å². The van der Waals surface area contributed by atoms with Gasteiger partial charge in [0.1, 0.15) is 5.82 Å². The van der Waals surface area contributed by atoms with Gasteiger partial charge in [-0.3, -0.25) is 24.2 Å². The normalized spacial score (nSPS) is 22.2. The van der Waals surface area contributed by atoms with E-state index < -0.39 is 11.9 Å². The Morgan fingerprint density at radius 1 is 1.02 bits per heavy atom. The predicted octanol–water partition coefficient (Wildman–Crippen LogP) is 5.01. The van der Waals surface area contributed by atoms with Crippen molar-refractivity contribution < 1.29 is 24.2 Å². The van der Waals surface area contributed by atoms with Crippen LogP contribution in [0.4, 0.5) is 10.9 Å². The number of carboxylic acids is 1. The van der Waals surface area contributed by atoms with Crippen LogP contribution in [0.25, 0.3) is 22.4 Å². The van der Waals surface area contributed by atoms with Gasteiger partial charge >= 0.3 is 5.97 Å². The maximum absolute atomic E-state index is 13.8. The smallest absolute Gasteiger partial charge is 0.304 e. The van der Waals surface area contributed by atoms with Crippen LogP contribution < -0.4 is 9.80 Å². The van der Waals surface area contributed by atoms with Crippen LogP contribution in [0.15, 0.2) is 48.0 Å². The molecular weight excluding hydrogens is 528 g/mol. The summed E-state index contributed by atoms with van der Waals surface area (Å²) in [4.78, 5) is 50.4. The first-order valence-corrected chi connectivity index (χ1v) is 14.8. The second-order valence-corrected chi connectivity index (χ2v) is 11.5. The van der Waals surface area contributed by atoms with E-state index in [0.29, 0.717) is 37.1 Å². The van der Waals surface area contributed by atoms with Crippen LogP contribution in [0.1, 0.15) is 44.9 Å². The monoisotopic (exact) mass is 560 g/mol. The minimum atomic E-state index is -0.991. The third-order valence-electron chi connectivity index (χ3n) is 8.20. The Hall–Kier alpha value is -3.63. The molecule has 2 aliphatic heterocycles. The molecule has 3 aromatic rings. The van der Waals surface area contributed by atoms with Crippen molar-refractivity contribution in [2.45, 2.75) is 51.0 Å². The van der Waals surface area contributed by atoms with Gasteiger partial charge in [-0.1, -0.05) is 37.1 Å². The second-order valence-electron chi connectivity index (χ2n) is 10.7. The number of ether oxygens (including phenoxy) is 1. The van der Waals surface area contributed by atoms with Crippen LogP contribution >= 0.6 is 11.3 Å². The summed E-state index contributed by atoms with van der Waals surface area (Å²) in [6.07, 6.45) is 6.68. The number of hydrogen-bond donors (Lipinski definition) is 1. The second kappa shape index (κ2) is 11.5. The number of anilines is 2. The molecule has 10 heteroatoms. The number of rotatable bonds is 7. The lowest BCUT2D eigenvalue weighted by Crippen LogP contribution is -2.42. The Morgan fingerprint density at radius 2 is 1.82 bits per heavy atom. The van der Waals surface area contributed by atoms with Crippen LogP contribution in [-0.2, 0) is 19.1 Å². The van der Waals surface area contributed by atoms with Crippen molar-refractivity contribution in [2.75, 3.05) is 29.5 Å². The number of carbonyl (C=O) groups excluding carboxylic acids is 2. The fourth-order valence-corrected chi connectivity index (χ4v) is 7.10. The summed E-state index contributed by atoms with van der Waals surface area (Å²) in [5.74, 6) is -0.959. The summed E-state index contributed by atoms with van der Waals surface area (Å²) in [6, 6.07) is 11.7. The molecule has 40 heavy (non-hydrogen) atoms. The zero-order valence-electron chi connectivity index (χ0n) is 22.2. The van der Waals surface area contributed by atoms with Crippen molar-refractivity contribution in [3.05, 3.63) is 48.0 Å². The molecule has 1 aliphatic carbocycles. The molecule has 0 spiro atoms. The third kappa shape index (κ3) is 5.25. The average Bonchev–Trinajstić information content (AvgIpc) is 3.73. The number of hydrogen-bond acceptors (Lipinski definition) is 7. The summed E-state index contributed by atoms with van der Waals surface area (Å²) in [5.41, 5.74) is 3.48. The van der Waals surface area contributed by atoms with Crippen molar-refractivity contribution in [1.82, 2.24) is 9.97 Å². The molecule has 0 unspecified atom stereocenters. The van der Waals surface area contributed by atoms with Crippen LogP contribution in [0, 0.1) is 11.8 Å². The van der Waals surface area contributed by atoms with E-state index in [2.05, 4.69) is 4.98 Å². The van der Waals surface area contributed by atoms with Crippen molar-refractivity contribution in [2.24, 2.45) is 11.8 Å². The Balaban J connectivity index is 1.27. The van der Waals surface area contributed by atoms with E-state index in [0.717, 1.165) is 54.5 Å². The molecule has 6 rings (SSSR count). The highest BCUT2D eigenvalue weighted by Gasteiger charge is 2.42. The minimum Gasteiger partial charge on any atom is -0.481 e. The highest BCUT2D eigenvalue weighted by molar-refractivity contribution is 7.14. The Morgan fingerprint density at radius 3 is 2.52 bits per heavy atom. The molecule has 0 radical (unpaired) electrons. The van der Waals surface area contributed by atoms with Gasteiger partial charge in [0.25, 0.3) is 0 Å². The van der Waals surface area contributed by atoms with E-state index in [9.17, 15) is 19.5 Å². The SMILES string of the molecule is O=C(O)C[C@@H]1C(=O)N(c2nc(-c3ccccc3-c3ccc(N4CCCC4=O)nc3)cs2)CCO[C@@H]1C1CCCC1. The molecule has 9 nitrogen and oxygen atoms in total. The lowest BCUT2D eigenvalue weighted by molar-refractivity contribution is -0.144. The number of aliphatic carboxylic acids is 1. The quantitative estimate of drug-likeness (QED) is 0.432. The van der Waals surface area contributed by atoms with Gasteiger partial charge < -0.3 is 9.84 Å². The van der Waals surface area contributed by atoms with Crippen LogP contribution in [-0.4, -0.2) is 58.7 Å². The van der Waals surface area contributed by atoms with Gasteiger partial charge in [-0.2, -0.15) is 0 Å². The molecule has 1 saturated carbocycles. The fourth-order valence-electron chi connectivity index (χ4n) is 6.24. The van der Waals surface area contributed by atoms with Crippen LogP contribution in [0.3, 0.4) is 0 Å². The molecule has 1 N–H and O–H groups in total. The average molecular weight is 561 g/mol. The standard InChI is InChI=1S/C30H32N4O5S/c35-26-10-5-13-33(26)25-12-11-20(17-31-25)21-8-3-4-9-22(21)24-18-40-30(32-24)34-14-15-39-28(19-6-1-2-7-19)23(29(34)38)16-27(36)37/h3-4,8-9,11-12,17-19,23,28H,1-2,5-7,10,13-16H2,(H,36,37)/t23-,28+/m0/s1. The van der Waals surface area contributed by atoms with Crippen molar-refractivity contribution >= 4 is 40.1 Å². The molecule has 2 atom stereocenters. The fraction of sp³-hybridized carbons (Fsp3) is 0.433. The Kier molecular flexibility index (Phi) is 7.62. The van der Waals surface area contributed by atoms with Gasteiger partial charge in [0.15, 0.2) is 5.13 Å². The number of pyridine rings is 1. The molecule has 1 aromatic carbocycles. The van der Waals surface area contributed by atoms with Crippen LogP contribution in [0.2, 0.25) is 0 Å². The summed E-state index contributed by atoms with van der Waals surface area (Å²) >= 11 is 1.37. The predicted molar refractivity (Wildman–Crippen MR) is 152 cm³/mol. The molecular formula is C30H32N4O5S. The van der Waals surface area contributed by atoms with Gasteiger partial charge in [-0.05, 0) is 42.9 Å². The van der Waals surface area contributed by atoms with E-state index in [1.807, 2.05) is 41.8 Å². The molecule has 3 fully saturated rings. The molecule has 2 amide bonds. The molecule has 4 heterocycles. The largest absolute Gasteiger partial charge is 0.481 e. The number of carbonyl (C=O) groups is 3. The van der Waals surface area contributed by atoms with Crippen molar-refractivity contribution in [1.29, 1.82) is 0 Å². The molecule has 208 valence electrons. The highest BCUT2D eigenvalue weighted by atomic mass is 32.1. The van der Waals surface area contributed by atoms with E-state index in [-0.39, 0.29) is 30.3 Å². The van der Waals surface area contributed by atoms with Gasteiger partial charge in [0, 0.05) is 35.7 Å². The molecule has 2 saturated heterocycles. The van der Waals surface area contributed by atoms with Crippen molar-refractivity contribution in [3.8, 4) is 22.4 Å². The van der Waals surface area contributed by atoms with Crippen molar-refractivity contribution in [3.63, 3.8) is 0 Å². The Labute approximate surface area is 236 Å².